The van der Waals surface area contributed by atoms with E-state index in [9.17, 15) is 0 Å². The van der Waals surface area contributed by atoms with Crippen molar-refractivity contribution in [2.45, 2.75) is 25.8 Å². The molecule has 1 nitrogen and oxygen atoms in total. The van der Waals surface area contributed by atoms with Crippen LogP contribution in [0.4, 0.5) is 5.69 Å². The first kappa shape index (κ1) is 11.5. The Morgan fingerprint density at radius 1 is 1.38 bits per heavy atom. The van der Waals surface area contributed by atoms with Gasteiger partial charge in [0.2, 0.25) is 0 Å². The van der Waals surface area contributed by atoms with Crippen LogP contribution in [0.1, 0.15) is 18.9 Å². The largest absolute Gasteiger partial charge is 0.365 e. The van der Waals surface area contributed by atoms with E-state index in [1.807, 2.05) is 6.08 Å². The van der Waals surface area contributed by atoms with Crippen LogP contribution in [-0.2, 0) is 6.42 Å². The molecule has 1 aliphatic rings. The highest BCUT2D eigenvalue weighted by atomic mass is 35.5. The minimum Gasteiger partial charge on any atom is -0.365 e. The number of anilines is 1. The van der Waals surface area contributed by atoms with Gasteiger partial charge in [0.1, 0.15) is 0 Å². The average Bonchev–Trinajstić information content (AvgIpc) is 2.32. The Kier molecular flexibility index (Phi) is 3.89. The SMILES string of the molecule is CC1CCc2ccccc2N1CC=CCCl. The molecule has 0 N–H and O–H groups in total. The first-order valence-electron chi connectivity index (χ1n) is 5.88. The van der Waals surface area contributed by atoms with Crippen LogP contribution in [0.15, 0.2) is 36.4 Å². The zero-order chi connectivity index (χ0) is 11.4. The first-order valence-corrected chi connectivity index (χ1v) is 6.42. The number of rotatable bonds is 3. The van der Waals surface area contributed by atoms with Gasteiger partial charge in [-0.25, -0.2) is 0 Å². The van der Waals surface area contributed by atoms with Crippen molar-refractivity contribution in [3.8, 4) is 0 Å². The van der Waals surface area contributed by atoms with Gasteiger partial charge in [-0.3, -0.25) is 0 Å². The molecule has 0 saturated carbocycles. The van der Waals surface area contributed by atoms with Crippen LogP contribution in [0, 0.1) is 0 Å². The molecule has 1 aromatic rings. The summed E-state index contributed by atoms with van der Waals surface area (Å²) in [5.74, 6) is 0.601. The van der Waals surface area contributed by atoms with Gasteiger partial charge in [-0.15, -0.1) is 11.6 Å². The van der Waals surface area contributed by atoms with Crippen LogP contribution < -0.4 is 4.90 Å². The lowest BCUT2D eigenvalue weighted by Gasteiger charge is -2.36. The van der Waals surface area contributed by atoms with Crippen LogP contribution in [0.5, 0.6) is 0 Å². The highest BCUT2D eigenvalue weighted by Crippen LogP contribution is 2.29. The molecule has 0 bridgehead atoms. The van der Waals surface area contributed by atoms with E-state index in [1.54, 1.807) is 0 Å². The molecule has 0 aromatic heterocycles. The van der Waals surface area contributed by atoms with Gasteiger partial charge in [0.15, 0.2) is 0 Å². The van der Waals surface area contributed by atoms with Gasteiger partial charge in [0, 0.05) is 24.2 Å². The number of benzene rings is 1. The van der Waals surface area contributed by atoms with Crippen molar-refractivity contribution in [2.75, 3.05) is 17.3 Å². The van der Waals surface area contributed by atoms with Crippen molar-refractivity contribution in [1.29, 1.82) is 0 Å². The molecular formula is C14H18ClN. The number of fused-ring (bicyclic) bond motifs is 1. The first-order chi connectivity index (χ1) is 7.83. The van der Waals surface area contributed by atoms with E-state index in [0.29, 0.717) is 11.9 Å². The third-order valence-corrected chi connectivity index (χ3v) is 3.40. The summed E-state index contributed by atoms with van der Waals surface area (Å²) < 4.78 is 0. The molecule has 86 valence electrons. The minimum absolute atomic E-state index is 0.601. The van der Waals surface area contributed by atoms with Crippen LogP contribution in [0.2, 0.25) is 0 Å². The molecule has 0 spiro atoms. The fourth-order valence-electron chi connectivity index (χ4n) is 2.29. The zero-order valence-electron chi connectivity index (χ0n) is 9.70. The van der Waals surface area contributed by atoms with Crippen molar-refractivity contribution in [3.63, 3.8) is 0 Å². The van der Waals surface area contributed by atoms with Crippen molar-refractivity contribution in [3.05, 3.63) is 42.0 Å². The fraction of sp³-hybridized carbons (Fsp3) is 0.429. The number of hydrogen-bond acceptors (Lipinski definition) is 1. The standard InChI is InChI=1S/C14H18ClN/c1-12-8-9-13-6-2-3-7-14(13)16(12)11-5-4-10-15/h2-7,12H,8-11H2,1H3. The molecular weight excluding hydrogens is 218 g/mol. The maximum atomic E-state index is 5.65. The van der Waals surface area contributed by atoms with E-state index in [-0.39, 0.29) is 0 Å². The summed E-state index contributed by atoms with van der Waals surface area (Å²) in [6.45, 7) is 3.26. The van der Waals surface area contributed by atoms with Gasteiger partial charge in [0.25, 0.3) is 0 Å². The highest BCUT2D eigenvalue weighted by Gasteiger charge is 2.21. The quantitative estimate of drug-likeness (QED) is 0.571. The predicted octanol–water partition coefficient (Wildman–Crippen LogP) is 3.62. The lowest BCUT2D eigenvalue weighted by atomic mass is 9.97. The second kappa shape index (κ2) is 5.40. The third-order valence-electron chi connectivity index (χ3n) is 3.22. The van der Waals surface area contributed by atoms with E-state index in [0.717, 1.165) is 6.54 Å². The van der Waals surface area contributed by atoms with Crippen LogP contribution in [-0.4, -0.2) is 18.5 Å². The van der Waals surface area contributed by atoms with Gasteiger partial charge >= 0.3 is 0 Å². The Balaban J connectivity index is 2.19. The van der Waals surface area contributed by atoms with Gasteiger partial charge in [-0.05, 0) is 31.4 Å². The summed E-state index contributed by atoms with van der Waals surface area (Å²) in [5.41, 5.74) is 2.86. The summed E-state index contributed by atoms with van der Waals surface area (Å²) in [5, 5.41) is 0. The molecule has 2 heteroatoms. The second-order valence-electron chi connectivity index (χ2n) is 4.29. The van der Waals surface area contributed by atoms with Crippen LogP contribution >= 0.6 is 11.6 Å². The maximum Gasteiger partial charge on any atom is 0.0404 e. The Morgan fingerprint density at radius 3 is 3.00 bits per heavy atom. The van der Waals surface area contributed by atoms with Gasteiger partial charge < -0.3 is 4.90 Å². The van der Waals surface area contributed by atoms with Crippen molar-refractivity contribution >= 4 is 17.3 Å². The van der Waals surface area contributed by atoms with Gasteiger partial charge in [-0.1, -0.05) is 30.4 Å². The molecule has 0 fully saturated rings. The Hall–Kier alpha value is -0.950. The summed E-state index contributed by atoms with van der Waals surface area (Å²) >= 11 is 5.65. The third kappa shape index (κ3) is 2.41. The van der Waals surface area contributed by atoms with Crippen molar-refractivity contribution in [1.82, 2.24) is 0 Å². The summed E-state index contributed by atoms with van der Waals surface area (Å²) in [6, 6.07) is 9.32. The van der Waals surface area contributed by atoms with E-state index < -0.39 is 0 Å². The Labute approximate surface area is 103 Å². The average molecular weight is 236 g/mol. The van der Waals surface area contributed by atoms with E-state index >= 15 is 0 Å². The Bertz CT molecular complexity index is 373. The number of alkyl halides is 1. The Morgan fingerprint density at radius 2 is 2.19 bits per heavy atom. The fourth-order valence-corrected chi connectivity index (χ4v) is 2.42. The summed E-state index contributed by atoms with van der Waals surface area (Å²) in [6.07, 6.45) is 6.62. The number of aryl methyl sites for hydroxylation is 1. The van der Waals surface area contributed by atoms with Gasteiger partial charge in [0.05, 0.1) is 0 Å². The van der Waals surface area contributed by atoms with E-state index in [1.165, 1.54) is 24.1 Å². The lowest BCUT2D eigenvalue weighted by molar-refractivity contribution is 0.582. The van der Waals surface area contributed by atoms with Crippen molar-refractivity contribution in [2.24, 2.45) is 0 Å². The molecule has 1 unspecified atom stereocenters. The molecule has 0 amide bonds. The minimum atomic E-state index is 0.601. The molecule has 1 aromatic carbocycles. The normalized spacial score (nSPS) is 20.1. The molecule has 1 heterocycles. The zero-order valence-corrected chi connectivity index (χ0v) is 10.5. The number of para-hydroxylation sites is 1. The molecule has 1 aliphatic heterocycles. The van der Waals surface area contributed by atoms with Crippen LogP contribution in [0.25, 0.3) is 0 Å². The summed E-state index contributed by atoms with van der Waals surface area (Å²) in [7, 11) is 0. The molecule has 0 radical (unpaired) electrons. The highest BCUT2D eigenvalue weighted by molar-refractivity contribution is 6.18. The molecule has 0 saturated heterocycles. The van der Waals surface area contributed by atoms with Crippen molar-refractivity contribution < 1.29 is 0 Å². The van der Waals surface area contributed by atoms with E-state index in [2.05, 4.69) is 42.2 Å². The van der Waals surface area contributed by atoms with Gasteiger partial charge in [-0.2, -0.15) is 0 Å². The number of hydrogen-bond donors (Lipinski definition) is 0. The predicted molar refractivity (Wildman–Crippen MR) is 71.4 cm³/mol. The lowest BCUT2D eigenvalue weighted by Crippen LogP contribution is -2.37. The number of halogens is 1. The van der Waals surface area contributed by atoms with Crippen LogP contribution in [0.3, 0.4) is 0 Å². The van der Waals surface area contributed by atoms with E-state index in [4.69, 9.17) is 11.6 Å². The second-order valence-corrected chi connectivity index (χ2v) is 4.60. The number of nitrogens with zero attached hydrogens (tertiary/aromatic N) is 1. The molecule has 2 rings (SSSR count). The smallest absolute Gasteiger partial charge is 0.0404 e. The molecule has 16 heavy (non-hydrogen) atoms. The maximum absolute atomic E-state index is 5.65. The number of allylic oxidation sites excluding steroid dienone is 1. The topological polar surface area (TPSA) is 3.24 Å². The monoisotopic (exact) mass is 235 g/mol. The molecule has 1 atom stereocenters. The summed E-state index contributed by atoms with van der Waals surface area (Å²) in [4.78, 5) is 2.46. The molecule has 0 aliphatic carbocycles.